The van der Waals surface area contributed by atoms with Gasteiger partial charge in [0, 0.05) is 19.3 Å². The van der Waals surface area contributed by atoms with Crippen LogP contribution in [0.15, 0.2) is 97.2 Å². The summed E-state index contributed by atoms with van der Waals surface area (Å²) in [4.78, 5) is 37.9. The molecule has 346 valence electrons. The van der Waals surface area contributed by atoms with Crippen LogP contribution in [-0.4, -0.2) is 37.2 Å². The molecule has 0 fully saturated rings. The number of esters is 3. The fourth-order valence-electron chi connectivity index (χ4n) is 6.34. The van der Waals surface area contributed by atoms with Crippen LogP contribution >= 0.6 is 0 Å². The molecule has 1 unspecified atom stereocenters. The van der Waals surface area contributed by atoms with Crippen LogP contribution in [0.2, 0.25) is 0 Å². The summed E-state index contributed by atoms with van der Waals surface area (Å²) in [6.45, 7) is 6.36. The van der Waals surface area contributed by atoms with E-state index in [9.17, 15) is 14.4 Å². The molecule has 0 aliphatic rings. The molecular weight excluding hydrogens is 757 g/mol. The average Bonchev–Trinajstić information content (AvgIpc) is 3.26. The Hall–Kier alpha value is -3.67. The number of ether oxygens (including phenoxy) is 3. The second-order valence-corrected chi connectivity index (χ2v) is 16.0. The molecule has 0 spiro atoms. The van der Waals surface area contributed by atoms with E-state index in [1.165, 1.54) is 51.4 Å². The predicted molar refractivity (Wildman–Crippen MR) is 260 cm³/mol. The van der Waals surface area contributed by atoms with Gasteiger partial charge in [0.2, 0.25) is 0 Å². The van der Waals surface area contributed by atoms with Crippen molar-refractivity contribution in [1.82, 2.24) is 0 Å². The van der Waals surface area contributed by atoms with Gasteiger partial charge in [-0.2, -0.15) is 0 Å². The largest absolute Gasteiger partial charge is 0.462 e. The molecule has 0 radical (unpaired) electrons. The van der Waals surface area contributed by atoms with Gasteiger partial charge in [-0.15, -0.1) is 0 Å². The van der Waals surface area contributed by atoms with Crippen LogP contribution in [0.5, 0.6) is 0 Å². The summed E-state index contributed by atoms with van der Waals surface area (Å²) >= 11 is 0. The first-order chi connectivity index (χ1) is 30.0. The highest BCUT2D eigenvalue weighted by Crippen LogP contribution is 2.12. The molecule has 61 heavy (non-hydrogen) atoms. The number of rotatable bonds is 43. The molecule has 6 nitrogen and oxygen atoms in total. The fourth-order valence-corrected chi connectivity index (χ4v) is 6.34. The molecule has 0 aromatic heterocycles. The van der Waals surface area contributed by atoms with E-state index in [4.69, 9.17) is 14.2 Å². The molecule has 1 atom stereocenters. The Bertz CT molecular complexity index is 1250. The lowest BCUT2D eigenvalue weighted by Crippen LogP contribution is -2.30. The Kier molecular flexibility index (Phi) is 46.0. The van der Waals surface area contributed by atoms with Crippen LogP contribution in [0.1, 0.15) is 213 Å². The molecule has 0 aromatic carbocycles. The first kappa shape index (κ1) is 57.3. The van der Waals surface area contributed by atoms with Gasteiger partial charge < -0.3 is 14.2 Å². The molecule has 0 aliphatic heterocycles. The number of allylic oxidation sites excluding steroid dienone is 16. The van der Waals surface area contributed by atoms with Crippen LogP contribution < -0.4 is 0 Å². The molecule has 0 amide bonds. The molecule has 0 heterocycles. The van der Waals surface area contributed by atoms with Crippen molar-refractivity contribution >= 4 is 17.9 Å². The van der Waals surface area contributed by atoms with Gasteiger partial charge in [-0.25, -0.2) is 0 Å². The van der Waals surface area contributed by atoms with E-state index in [1.54, 1.807) is 0 Å². The lowest BCUT2D eigenvalue weighted by atomic mass is 10.1. The quantitative estimate of drug-likeness (QED) is 0.0263. The maximum Gasteiger partial charge on any atom is 0.306 e. The van der Waals surface area contributed by atoms with Crippen molar-refractivity contribution in [2.45, 2.75) is 219 Å². The van der Waals surface area contributed by atoms with Gasteiger partial charge >= 0.3 is 17.9 Å². The average molecular weight is 847 g/mol. The number of carbonyl (C=O) groups is 3. The summed E-state index contributed by atoms with van der Waals surface area (Å²) < 4.78 is 16.7. The highest BCUT2D eigenvalue weighted by Gasteiger charge is 2.19. The monoisotopic (exact) mass is 847 g/mol. The van der Waals surface area contributed by atoms with Gasteiger partial charge in [0.15, 0.2) is 6.10 Å². The molecule has 6 heteroatoms. The molecule has 0 saturated heterocycles. The second-order valence-electron chi connectivity index (χ2n) is 16.0. The van der Waals surface area contributed by atoms with E-state index in [0.29, 0.717) is 19.3 Å². The molecule has 0 N–H and O–H groups in total. The van der Waals surface area contributed by atoms with Crippen LogP contribution in [0.3, 0.4) is 0 Å². The Labute approximate surface area is 375 Å². The minimum atomic E-state index is -0.819. The normalized spacial score (nSPS) is 12.9. The summed E-state index contributed by atoms with van der Waals surface area (Å²) in [5, 5.41) is 0. The maximum atomic E-state index is 12.8. The smallest absolute Gasteiger partial charge is 0.306 e. The van der Waals surface area contributed by atoms with E-state index in [1.807, 2.05) is 12.2 Å². The Morgan fingerprint density at radius 2 is 0.672 bits per heavy atom. The standard InChI is InChI=1S/C55H90O6/c1-4-7-10-13-16-19-22-25-27-30-33-36-39-42-45-48-54(57)60-51-52(50-59-53(56)47-44-41-38-35-32-29-24-21-18-15-12-9-6-3)61-55(58)49-46-43-40-37-34-31-28-26-23-20-17-14-11-8-5-2/h9,12,16-21,25-29,32,38,41,52H,4-8,10-11,13-15,22-24,30-31,33-37,39-40,42-51H2,1-3H3/b12-9-,19-16-,20-17-,21-18-,27-25-,28-26-,32-29-,41-38-. The van der Waals surface area contributed by atoms with E-state index in [0.717, 1.165) is 116 Å². The van der Waals surface area contributed by atoms with E-state index >= 15 is 0 Å². The van der Waals surface area contributed by atoms with E-state index in [-0.39, 0.29) is 37.5 Å². The Morgan fingerprint density at radius 3 is 1.10 bits per heavy atom. The highest BCUT2D eigenvalue weighted by atomic mass is 16.6. The van der Waals surface area contributed by atoms with E-state index in [2.05, 4.69) is 106 Å². The summed E-state index contributed by atoms with van der Waals surface area (Å²) in [5.41, 5.74) is 0. The van der Waals surface area contributed by atoms with Gasteiger partial charge in [-0.3, -0.25) is 14.4 Å². The summed E-state index contributed by atoms with van der Waals surface area (Å²) in [5.74, 6) is -1.03. The molecular formula is C55H90O6. The van der Waals surface area contributed by atoms with Crippen molar-refractivity contribution < 1.29 is 28.6 Å². The van der Waals surface area contributed by atoms with Crippen molar-refractivity contribution in [2.24, 2.45) is 0 Å². The van der Waals surface area contributed by atoms with Crippen molar-refractivity contribution in [2.75, 3.05) is 13.2 Å². The summed E-state index contributed by atoms with van der Waals surface area (Å²) in [6, 6.07) is 0. The third-order valence-corrected chi connectivity index (χ3v) is 10.1. The second kappa shape index (κ2) is 49.0. The molecule has 0 bridgehead atoms. The fraction of sp³-hybridized carbons (Fsp3) is 0.655. The minimum Gasteiger partial charge on any atom is -0.462 e. The Balaban J connectivity index is 4.53. The molecule has 0 aliphatic carbocycles. The number of hydrogen-bond acceptors (Lipinski definition) is 6. The summed E-state index contributed by atoms with van der Waals surface area (Å²) in [6.07, 6.45) is 64.0. The first-order valence-electron chi connectivity index (χ1n) is 24.7. The van der Waals surface area contributed by atoms with E-state index < -0.39 is 6.10 Å². The van der Waals surface area contributed by atoms with Gasteiger partial charge in [-0.1, -0.05) is 182 Å². The first-order valence-corrected chi connectivity index (χ1v) is 24.7. The third-order valence-electron chi connectivity index (χ3n) is 10.1. The van der Waals surface area contributed by atoms with Gasteiger partial charge in [0.1, 0.15) is 13.2 Å². The number of hydrogen-bond donors (Lipinski definition) is 0. The molecule has 0 rings (SSSR count). The van der Waals surface area contributed by atoms with Crippen molar-refractivity contribution in [1.29, 1.82) is 0 Å². The zero-order valence-electron chi connectivity index (χ0n) is 39.4. The van der Waals surface area contributed by atoms with Gasteiger partial charge in [0.25, 0.3) is 0 Å². The zero-order valence-corrected chi connectivity index (χ0v) is 39.4. The summed E-state index contributed by atoms with van der Waals surface area (Å²) in [7, 11) is 0. The minimum absolute atomic E-state index is 0.114. The Morgan fingerprint density at radius 1 is 0.344 bits per heavy atom. The SMILES string of the molecule is CC/C=C\C/C=C\C/C=C\C/C=C\CCC(=O)OCC(COC(=O)CCCCCCC/C=C\C/C=C\CCCCC)OC(=O)CCCCCCC/C=C\C/C=C\CCCCC. The topological polar surface area (TPSA) is 78.9 Å². The molecule has 0 saturated carbocycles. The van der Waals surface area contributed by atoms with Crippen LogP contribution in [-0.2, 0) is 28.6 Å². The number of unbranched alkanes of at least 4 members (excludes halogenated alkanes) is 16. The molecule has 0 aromatic rings. The zero-order chi connectivity index (χ0) is 44.4. The van der Waals surface area contributed by atoms with Crippen LogP contribution in [0.4, 0.5) is 0 Å². The highest BCUT2D eigenvalue weighted by molar-refractivity contribution is 5.71. The maximum absolute atomic E-state index is 12.8. The lowest BCUT2D eigenvalue weighted by Gasteiger charge is -2.18. The van der Waals surface area contributed by atoms with Crippen LogP contribution in [0.25, 0.3) is 0 Å². The lowest BCUT2D eigenvalue weighted by molar-refractivity contribution is -0.166. The van der Waals surface area contributed by atoms with Gasteiger partial charge in [-0.05, 0) is 109 Å². The number of carbonyl (C=O) groups excluding carboxylic acids is 3. The van der Waals surface area contributed by atoms with Gasteiger partial charge in [0.05, 0.1) is 0 Å². The van der Waals surface area contributed by atoms with Crippen LogP contribution in [0, 0.1) is 0 Å². The van der Waals surface area contributed by atoms with Crippen molar-refractivity contribution in [3.05, 3.63) is 97.2 Å². The van der Waals surface area contributed by atoms with Crippen molar-refractivity contribution in [3.63, 3.8) is 0 Å². The van der Waals surface area contributed by atoms with Crippen molar-refractivity contribution in [3.8, 4) is 0 Å². The predicted octanol–water partition coefficient (Wildman–Crippen LogP) is 16.2. The third kappa shape index (κ3) is 47.2.